The fourth-order valence-corrected chi connectivity index (χ4v) is 11.1. The molecule has 8 aromatic carbocycles. The molecule has 252 valence electrons. The van der Waals surface area contributed by atoms with Gasteiger partial charge in [0.25, 0.3) is 0 Å². The van der Waals surface area contributed by atoms with Crippen LogP contribution in [-0.4, -0.2) is 8.88 Å². The summed E-state index contributed by atoms with van der Waals surface area (Å²) in [5.74, 6) is 1.58. The normalized spacial score (nSPS) is 13.7. The van der Waals surface area contributed by atoms with Crippen molar-refractivity contribution >= 4 is 31.6 Å². The maximum atomic E-state index is 7.48. The van der Waals surface area contributed by atoms with E-state index < -0.39 is 8.88 Å². The van der Waals surface area contributed by atoms with Crippen molar-refractivity contribution in [2.45, 2.75) is 0 Å². The van der Waals surface area contributed by atoms with E-state index in [-0.39, 0.29) is 0 Å². The zero-order valence-electron chi connectivity index (χ0n) is 28.8. The molecule has 0 fully saturated rings. The van der Waals surface area contributed by atoms with Crippen LogP contribution in [0.3, 0.4) is 0 Å². The van der Waals surface area contributed by atoms with Crippen LogP contribution < -0.4 is 18.0 Å². The molecule has 0 saturated carbocycles. The second-order valence-corrected chi connectivity index (χ2v) is 15.7. The maximum Gasteiger partial charge on any atom is 0.733 e. The molecule has 0 atom stereocenters. The van der Waals surface area contributed by atoms with Gasteiger partial charge < -0.3 is 8.85 Å². The first kappa shape index (κ1) is 31.0. The first-order valence-corrected chi connectivity index (χ1v) is 19.6. The molecule has 0 amide bonds. The molecular weight excluding hydrogens is 665 g/mol. The summed E-state index contributed by atoms with van der Waals surface area (Å²) in [6.07, 6.45) is 0. The van der Waals surface area contributed by atoms with Crippen molar-refractivity contribution in [1.82, 2.24) is 0 Å². The van der Waals surface area contributed by atoms with Gasteiger partial charge in [0.05, 0.1) is 11.4 Å². The molecule has 0 radical (unpaired) electrons. The lowest BCUT2D eigenvalue weighted by Gasteiger charge is -2.35. The van der Waals surface area contributed by atoms with E-state index in [9.17, 15) is 0 Å². The summed E-state index contributed by atoms with van der Waals surface area (Å²) in [6.45, 7) is 0. The Balaban J connectivity index is 1.25. The molecule has 2 heterocycles. The smallest absolute Gasteiger partial charge is 0.478 e. The summed E-state index contributed by atoms with van der Waals surface area (Å²) < 4.78 is 19.7. The molecule has 5 heteroatoms. The number of para-hydroxylation sites is 2. The topological polar surface area (TPSA) is 24.9 Å². The minimum absolute atomic E-state index is 0.791. The highest BCUT2D eigenvalue weighted by atomic mass is 28.4. The van der Waals surface area contributed by atoms with E-state index in [4.69, 9.17) is 8.85 Å². The van der Waals surface area contributed by atoms with Gasteiger partial charge in [0.2, 0.25) is 0 Å². The molecule has 10 rings (SSSR count). The van der Waals surface area contributed by atoms with Gasteiger partial charge in [-0.1, -0.05) is 158 Å². The molecule has 0 bridgehead atoms. The number of fused-ring (bicyclic) bond motifs is 2. The predicted octanol–water partition coefficient (Wildman–Crippen LogP) is 12.6. The van der Waals surface area contributed by atoms with Crippen molar-refractivity contribution in [2.24, 2.45) is 0 Å². The second-order valence-electron chi connectivity index (χ2n) is 13.3. The molecule has 2 aliphatic rings. The second kappa shape index (κ2) is 12.7. The molecule has 1 spiro atoms. The number of benzene rings is 8. The number of hydrogen-bond donors (Lipinski definition) is 0. The Labute approximate surface area is 310 Å². The van der Waals surface area contributed by atoms with E-state index >= 15 is 0 Å². The highest BCUT2D eigenvalue weighted by Gasteiger charge is 2.68. The molecule has 0 unspecified atom stereocenters. The Morgan fingerprint density at radius 1 is 0.302 bits per heavy atom. The van der Waals surface area contributed by atoms with Crippen molar-refractivity contribution in [3.05, 3.63) is 206 Å². The Kier molecular flexibility index (Phi) is 7.44. The van der Waals surface area contributed by atoms with Crippen LogP contribution >= 0.6 is 0 Å². The Bertz CT molecular complexity index is 2370. The van der Waals surface area contributed by atoms with E-state index in [2.05, 4.69) is 215 Å². The summed E-state index contributed by atoms with van der Waals surface area (Å²) in [6, 6.07) is 72.5. The first-order chi connectivity index (χ1) is 26.3. The van der Waals surface area contributed by atoms with Gasteiger partial charge >= 0.3 is 8.88 Å². The summed E-state index contributed by atoms with van der Waals surface area (Å²) in [5.41, 5.74) is 13.0. The molecule has 8 aromatic rings. The van der Waals surface area contributed by atoms with Crippen LogP contribution in [0.15, 0.2) is 206 Å². The predicted molar refractivity (Wildman–Crippen MR) is 219 cm³/mol. The Morgan fingerprint density at radius 2 is 0.566 bits per heavy atom. The van der Waals surface area contributed by atoms with E-state index in [1.54, 1.807) is 0 Å². The van der Waals surface area contributed by atoms with E-state index in [0.717, 1.165) is 78.8 Å². The van der Waals surface area contributed by atoms with Gasteiger partial charge in [0, 0.05) is 11.4 Å². The SMILES string of the molecule is c1ccc(-c2cc3c(cc2-c2ccccc2)N(c2ccccc2)[Si]2(O3)Oc3cc(-c4ccccc4)c(-c4ccccc4)cc3N2c2ccccc2)cc1. The molecular formula is C48H34N2O2Si. The first-order valence-electron chi connectivity index (χ1n) is 17.9. The van der Waals surface area contributed by atoms with E-state index in [0.29, 0.717) is 0 Å². The van der Waals surface area contributed by atoms with Gasteiger partial charge in [0.15, 0.2) is 0 Å². The van der Waals surface area contributed by atoms with Crippen molar-refractivity contribution in [1.29, 1.82) is 0 Å². The van der Waals surface area contributed by atoms with Crippen LogP contribution in [0.1, 0.15) is 0 Å². The van der Waals surface area contributed by atoms with Crippen LogP contribution in [0, 0.1) is 0 Å². The lowest BCUT2D eigenvalue weighted by Crippen LogP contribution is -2.67. The highest BCUT2D eigenvalue weighted by Crippen LogP contribution is 2.58. The number of hydrogen-bond acceptors (Lipinski definition) is 4. The number of nitrogens with zero attached hydrogens (tertiary/aromatic N) is 2. The summed E-state index contributed by atoms with van der Waals surface area (Å²) in [7, 11) is -3.65. The zero-order chi connectivity index (χ0) is 35.2. The zero-order valence-corrected chi connectivity index (χ0v) is 29.8. The Morgan fingerprint density at radius 3 is 0.868 bits per heavy atom. The number of rotatable bonds is 6. The van der Waals surface area contributed by atoms with Crippen LogP contribution in [0.25, 0.3) is 44.5 Å². The third-order valence-corrected chi connectivity index (χ3v) is 13.2. The fourth-order valence-electron chi connectivity index (χ4n) is 7.73. The average molecular weight is 699 g/mol. The van der Waals surface area contributed by atoms with Crippen LogP contribution in [0.4, 0.5) is 22.7 Å². The molecule has 4 nitrogen and oxygen atoms in total. The standard InChI is InChI=1S/C48H34N2O2Si/c1-7-19-35(20-8-1)41-31-45-47(33-43(41)37-23-11-3-12-24-37)51-53(49(45)39-27-15-5-16-28-39)50(40-29-17-6-18-30-40)46-32-42(36-21-9-2-10-22-36)44(34-48(46)52-53)38-25-13-4-14-26-38/h1-34H. The van der Waals surface area contributed by atoms with Gasteiger partial charge in [0.1, 0.15) is 11.5 Å². The minimum Gasteiger partial charge on any atom is -0.478 e. The third-order valence-electron chi connectivity index (χ3n) is 10.1. The van der Waals surface area contributed by atoms with Gasteiger partial charge in [-0.3, -0.25) is 9.13 Å². The highest BCUT2D eigenvalue weighted by molar-refractivity contribution is 6.82. The number of anilines is 4. The molecule has 0 saturated heterocycles. The summed E-state index contributed by atoms with van der Waals surface area (Å²) >= 11 is 0. The maximum absolute atomic E-state index is 7.48. The van der Waals surface area contributed by atoms with Gasteiger partial charge in [-0.15, -0.1) is 0 Å². The van der Waals surface area contributed by atoms with Gasteiger partial charge in [-0.2, -0.15) is 0 Å². The van der Waals surface area contributed by atoms with Crippen molar-refractivity contribution < 1.29 is 8.85 Å². The van der Waals surface area contributed by atoms with Crippen molar-refractivity contribution in [3.63, 3.8) is 0 Å². The van der Waals surface area contributed by atoms with Crippen molar-refractivity contribution in [3.8, 4) is 56.0 Å². The third kappa shape index (κ3) is 5.21. The average Bonchev–Trinajstić information content (AvgIpc) is 3.73. The summed E-state index contributed by atoms with van der Waals surface area (Å²) in [5, 5.41) is 0. The van der Waals surface area contributed by atoms with E-state index in [1.165, 1.54) is 0 Å². The minimum atomic E-state index is -3.65. The van der Waals surface area contributed by atoms with Crippen LogP contribution in [0.5, 0.6) is 11.5 Å². The van der Waals surface area contributed by atoms with E-state index in [1.807, 2.05) is 0 Å². The van der Waals surface area contributed by atoms with Crippen molar-refractivity contribution in [2.75, 3.05) is 9.13 Å². The lowest BCUT2D eigenvalue weighted by atomic mass is 9.93. The quantitative estimate of drug-likeness (QED) is 0.161. The lowest BCUT2D eigenvalue weighted by molar-refractivity contribution is 0.414. The fraction of sp³-hybridized carbons (Fsp3) is 0. The monoisotopic (exact) mass is 698 g/mol. The largest absolute Gasteiger partial charge is 0.733 e. The molecule has 0 aromatic heterocycles. The van der Waals surface area contributed by atoms with Gasteiger partial charge in [-0.25, -0.2) is 0 Å². The molecule has 0 aliphatic carbocycles. The summed E-state index contributed by atoms with van der Waals surface area (Å²) in [4.78, 5) is 0. The van der Waals surface area contributed by atoms with Crippen LogP contribution in [0.2, 0.25) is 0 Å². The molecule has 0 N–H and O–H groups in total. The Hall–Kier alpha value is -6.82. The van der Waals surface area contributed by atoms with Gasteiger partial charge in [-0.05, 0) is 93.0 Å². The molecule has 2 aliphatic heterocycles. The van der Waals surface area contributed by atoms with Crippen LogP contribution in [-0.2, 0) is 0 Å². The molecule has 53 heavy (non-hydrogen) atoms.